The van der Waals surface area contributed by atoms with E-state index in [-0.39, 0.29) is 17.9 Å². The second-order valence-corrected chi connectivity index (χ2v) is 5.96. The number of ketones is 1. The number of ether oxygens (including phenoxy) is 1. The van der Waals surface area contributed by atoms with E-state index in [4.69, 9.17) is 4.74 Å². The molecular formula is C20H21FN2O4. The van der Waals surface area contributed by atoms with Crippen molar-refractivity contribution in [1.82, 2.24) is 9.88 Å². The smallest absolute Gasteiger partial charge is 0.325 e. The second kappa shape index (κ2) is 8.93. The van der Waals surface area contributed by atoms with E-state index >= 15 is 0 Å². The van der Waals surface area contributed by atoms with Gasteiger partial charge in [0.05, 0.1) is 0 Å². The lowest BCUT2D eigenvalue weighted by Gasteiger charge is -2.07. The van der Waals surface area contributed by atoms with Crippen molar-refractivity contribution in [2.24, 2.45) is 0 Å². The van der Waals surface area contributed by atoms with Gasteiger partial charge in [0.25, 0.3) is 5.91 Å². The number of nitrogens with one attached hydrogen (secondary N) is 1. The maximum absolute atomic E-state index is 12.8. The van der Waals surface area contributed by atoms with Crippen molar-refractivity contribution in [2.45, 2.75) is 20.4 Å². The maximum Gasteiger partial charge on any atom is 0.325 e. The highest BCUT2D eigenvalue weighted by molar-refractivity contribution is 6.00. The average Bonchev–Trinajstić information content (AvgIpc) is 2.93. The lowest BCUT2D eigenvalue weighted by Crippen LogP contribution is -2.31. The largest absolute Gasteiger partial charge is 0.456 e. The molecule has 0 atom stereocenters. The van der Waals surface area contributed by atoms with Crippen molar-refractivity contribution in [2.75, 3.05) is 13.2 Å². The number of esters is 1. The molecule has 27 heavy (non-hydrogen) atoms. The number of carbonyl (C=O) groups excluding carboxylic acids is 3. The van der Waals surface area contributed by atoms with E-state index in [1.807, 2.05) is 18.4 Å². The molecule has 6 nitrogen and oxygen atoms in total. The summed E-state index contributed by atoms with van der Waals surface area (Å²) >= 11 is 0. The van der Waals surface area contributed by atoms with Crippen molar-refractivity contribution in [1.29, 1.82) is 0 Å². The van der Waals surface area contributed by atoms with Crippen LogP contribution in [0.25, 0.3) is 0 Å². The number of nitrogens with zero attached hydrogens (tertiary/aromatic N) is 1. The molecule has 2 aromatic rings. The predicted molar refractivity (Wildman–Crippen MR) is 98.1 cm³/mol. The van der Waals surface area contributed by atoms with Gasteiger partial charge in [-0.2, -0.15) is 0 Å². The molecule has 0 saturated carbocycles. The number of allylic oxidation sites excluding steroid dienone is 1. The van der Waals surface area contributed by atoms with Gasteiger partial charge in [0, 0.05) is 29.1 Å². The van der Waals surface area contributed by atoms with Crippen molar-refractivity contribution < 1.29 is 23.5 Å². The standard InChI is InChI=1S/C20H21FN2O4/c1-4-9-23-13(2)10-17(14(23)3)18(24)12-27-19(25)11-22-20(26)15-5-7-16(21)8-6-15/h4-8,10H,1,9,11-12H2,2-3H3,(H,22,26). The Morgan fingerprint density at radius 1 is 1.22 bits per heavy atom. The van der Waals surface area contributed by atoms with E-state index in [1.54, 1.807) is 12.1 Å². The fraction of sp³-hybridized carbons (Fsp3) is 0.250. The Bertz CT molecular complexity index is 869. The lowest BCUT2D eigenvalue weighted by molar-refractivity contribution is -0.141. The van der Waals surface area contributed by atoms with Crippen LogP contribution in [-0.2, 0) is 16.1 Å². The second-order valence-electron chi connectivity index (χ2n) is 5.96. The zero-order chi connectivity index (χ0) is 20.0. The van der Waals surface area contributed by atoms with Gasteiger partial charge in [-0.15, -0.1) is 6.58 Å². The fourth-order valence-corrected chi connectivity index (χ4v) is 2.62. The van der Waals surface area contributed by atoms with Crippen molar-refractivity contribution >= 4 is 17.7 Å². The van der Waals surface area contributed by atoms with Gasteiger partial charge in [-0.25, -0.2) is 4.39 Å². The van der Waals surface area contributed by atoms with Crippen LogP contribution >= 0.6 is 0 Å². The number of halogens is 1. The van der Waals surface area contributed by atoms with Crippen LogP contribution in [0.2, 0.25) is 0 Å². The zero-order valence-electron chi connectivity index (χ0n) is 15.3. The van der Waals surface area contributed by atoms with Crippen LogP contribution in [0.3, 0.4) is 0 Å². The molecule has 0 radical (unpaired) electrons. The number of carbonyl (C=O) groups is 3. The van der Waals surface area contributed by atoms with Gasteiger partial charge in [-0.05, 0) is 44.2 Å². The van der Waals surface area contributed by atoms with E-state index in [0.717, 1.165) is 23.5 Å². The van der Waals surface area contributed by atoms with Crippen LogP contribution in [0.15, 0.2) is 43.0 Å². The van der Waals surface area contributed by atoms with Gasteiger partial charge in [0.2, 0.25) is 5.78 Å². The molecule has 1 amide bonds. The first-order chi connectivity index (χ1) is 12.8. The topological polar surface area (TPSA) is 77.4 Å². The van der Waals surface area contributed by atoms with E-state index in [2.05, 4.69) is 11.9 Å². The maximum atomic E-state index is 12.8. The minimum Gasteiger partial charge on any atom is -0.456 e. The quantitative estimate of drug-likeness (QED) is 0.439. The Morgan fingerprint density at radius 3 is 2.52 bits per heavy atom. The third-order valence-corrected chi connectivity index (χ3v) is 4.05. The summed E-state index contributed by atoms with van der Waals surface area (Å²) in [5.41, 5.74) is 2.39. The summed E-state index contributed by atoms with van der Waals surface area (Å²) in [5.74, 6) is -2.06. The summed E-state index contributed by atoms with van der Waals surface area (Å²) in [6.07, 6.45) is 1.73. The molecule has 1 aromatic carbocycles. The van der Waals surface area contributed by atoms with Gasteiger partial charge in [-0.3, -0.25) is 14.4 Å². The lowest BCUT2D eigenvalue weighted by atomic mass is 10.1. The molecule has 0 aliphatic rings. The number of Topliss-reactive ketones (excluding diaryl/α,β-unsaturated/α-hetero) is 1. The Labute approximate surface area is 156 Å². The Balaban J connectivity index is 1.85. The predicted octanol–water partition coefficient (Wildman–Crippen LogP) is 2.59. The molecule has 1 aromatic heterocycles. The highest BCUT2D eigenvalue weighted by Gasteiger charge is 2.17. The van der Waals surface area contributed by atoms with Crippen LogP contribution in [0, 0.1) is 19.7 Å². The van der Waals surface area contributed by atoms with Gasteiger partial charge >= 0.3 is 5.97 Å². The molecule has 0 bridgehead atoms. The molecule has 142 valence electrons. The van der Waals surface area contributed by atoms with Crippen LogP contribution in [-0.4, -0.2) is 35.4 Å². The highest BCUT2D eigenvalue weighted by Crippen LogP contribution is 2.16. The number of benzene rings is 1. The molecular weight excluding hydrogens is 351 g/mol. The Morgan fingerprint density at radius 2 is 1.89 bits per heavy atom. The molecule has 1 heterocycles. The summed E-state index contributed by atoms with van der Waals surface area (Å²) in [6, 6.07) is 6.64. The fourth-order valence-electron chi connectivity index (χ4n) is 2.62. The van der Waals surface area contributed by atoms with Crippen LogP contribution < -0.4 is 5.32 Å². The van der Waals surface area contributed by atoms with Gasteiger partial charge in [-0.1, -0.05) is 6.08 Å². The molecule has 0 spiro atoms. The third kappa shape index (κ3) is 5.13. The summed E-state index contributed by atoms with van der Waals surface area (Å²) in [7, 11) is 0. The number of aromatic nitrogens is 1. The number of aryl methyl sites for hydroxylation is 1. The van der Waals surface area contributed by atoms with E-state index in [0.29, 0.717) is 12.1 Å². The Kier molecular flexibility index (Phi) is 6.65. The van der Waals surface area contributed by atoms with E-state index < -0.39 is 24.3 Å². The average molecular weight is 372 g/mol. The molecule has 0 unspecified atom stereocenters. The van der Waals surface area contributed by atoms with Gasteiger partial charge in [0.15, 0.2) is 6.61 Å². The van der Waals surface area contributed by atoms with E-state index in [9.17, 15) is 18.8 Å². The normalized spacial score (nSPS) is 10.3. The molecule has 0 aliphatic carbocycles. The van der Waals surface area contributed by atoms with Crippen LogP contribution in [0.5, 0.6) is 0 Å². The Hall–Kier alpha value is -3.22. The molecule has 1 N–H and O–H groups in total. The number of hydrogen-bond donors (Lipinski definition) is 1. The molecule has 0 fully saturated rings. The molecule has 0 saturated heterocycles. The highest BCUT2D eigenvalue weighted by atomic mass is 19.1. The van der Waals surface area contributed by atoms with Gasteiger partial charge < -0.3 is 14.6 Å². The first kappa shape index (κ1) is 20.1. The number of hydrogen-bond acceptors (Lipinski definition) is 4. The summed E-state index contributed by atoms with van der Waals surface area (Å²) < 4.78 is 19.7. The number of amides is 1. The summed E-state index contributed by atoms with van der Waals surface area (Å²) in [6.45, 7) is 7.16. The van der Waals surface area contributed by atoms with Crippen molar-refractivity contribution in [3.8, 4) is 0 Å². The van der Waals surface area contributed by atoms with Crippen LogP contribution in [0.1, 0.15) is 32.1 Å². The van der Waals surface area contributed by atoms with E-state index in [1.165, 1.54) is 12.1 Å². The molecule has 7 heteroatoms. The molecule has 2 rings (SSSR count). The molecule has 0 aliphatic heterocycles. The van der Waals surface area contributed by atoms with Gasteiger partial charge in [0.1, 0.15) is 12.4 Å². The minimum atomic E-state index is -0.737. The van der Waals surface area contributed by atoms with Crippen LogP contribution in [0.4, 0.5) is 4.39 Å². The first-order valence-corrected chi connectivity index (χ1v) is 8.33. The SMILES string of the molecule is C=CCn1c(C)cc(C(=O)COC(=O)CNC(=O)c2ccc(F)cc2)c1C. The third-order valence-electron chi connectivity index (χ3n) is 4.05. The number of rotatable bonds is 8. The summed E-state index contributed by atoms with van der Waals surface area (Å²) in [5, 5.41) is 2.36. The monoisotopic (exact) mass is 372 g/mol. The van der Waals surface area contributed by atoms with Crippen molar-refractivity contribution in [3.63, 3.8) is 0 Å². The summed E-state index contributed by atoms with van der Waals surface area (Å²) in [4.78, 5) is 35.9. The first-order valence-electron chi connectivity index (χ1n) is 8.33. The van der Waals surface area contributed by atoms with Crippen molar-refractivity contribution in [3.05, 3.63) is 71.3 Å². The zero-order valence-corrected chi connectivity index (χ0v) is 15.3. The minimum absolute atomic E-state index is 0.218.